The van der Waals surface area contributed by atoms with Crippen LogP contribution in [0.4, 0.5) is 10.5 Å². The lowest BCUT2D eigenvalue weighted by Crippen LogP contribution is -2.28. The van der Waals surface area contributed by atoms with Crippen molar-refractivity contribution in [2.24, 2.45) is 0 Å². The molecule has 25 heavy (non-hydrogen) atoms. The van der Waals surface area contributed by atoms with E-state index in [1.807, 2.05) is 30.3 Å². The summed E-state index contributed by atoms with van der Waals surface area (Å²) < 4.78 is 8.56. The normalized spacial score (nSPS) is 16.0. The Hall–Kier alpha value is -1.63. The van der Waals surface area contributed by atoms with Gasteiger partial charge in [0, 0.05) is 21.4 Å². The van der Waals surface area contributed by atoms with Crippen LogP contribution in [-0.4, -0.2) is 23.5 Å². The zero-order valence-electron chi connectivity index (χ0n) is 13.1. The van der Waals surface area contributed by atoms with Crippen LogP contribution in [0, 0.1) is 0 Å². The Morgan fingerprint density at radius 3 is 2.96 bits per heavy atom. The number of ether oxygens (including phenoxy) is 1. The molecule has 2 aliphatic rings. The molecule has 0 unspecified atom stereocenters. The van der Waals surface area contributed by atoms with Gasteiger partial charge in [-0.1, -0.05) is 39.7 Å². The van der Waals surface area contributed by atoms with Crippen LogP contribution in [0.3, 0.4) is 0 Å². The Morgan fingerprint density at radius 1 is 1.28 bits per heavy atom. The maximum Gasteiger partial charge on any atom is 0.332 e. The van der Waals surface area contributed by atoms with Gasteiger partial charge in [0.15, 0.2) is 0 Å². The summed E-state index contributed by atoms with van der Waals surface area (Å²) in [6.45, 7) is 1.14. The van der Waals surface area contributed by atoms with E-state index in [4.69, 9.17) is 16.3 Å². The second kappa shape index (κ2) is 6.94. The van der Waals surface area contributed by atoms with Crippen molar-refractivity contribution >= 4 is 56.8 Å². The SMILES string of the molecule is O=C(Nc1ccccc1Cl)N1CC2=C(CCOc3cc(Br)ccc32)S1. The Labute approximate surface area is 163 Å². The van der Waals surface area contributed by atoms with Crippen molar-refractivity contribution in [2.75, 3.05) is 18.5 Å². The third kappa shape index (κ3) is 3.38. The van der Waals surface area contributed by atoms with Gasteiger partial charge in [-0.05, 0) is 47.9 Å². The van der Waals surface area contributed by atoms with Gasteiger partial charge in [0.25, 0.3) is 0 Å². The number of benzene rings is 2. The number of hydrogen-bond acceptors (Lipinski definition) is 3. The molecule has 0 aromatic heterocycles. The van der Waals surface area contributed by atoms with E-state index < -0.39 is 0 Å². The van der Waals surface area contributed by atoms with E-state index in [0.29, 0.717) is 23.9 Å². The lowest BCUT2D eigenvalue weighted by Gasteiger charge is -2.18. The Bertz CT molecular complexity index is 887. The van der Waals surface area contributed by atoms with Gasteiger partial charge in [-0.15, -0.1) is 0 Å². The monoisotopic (exact) mass is 436 g/mol. The fraction of sp³-hybridized carbons (Fsp3) is 0.167. The maximum atomic E-state index is 12.6. The molecule has 0 atom stereocenters. The van der Waals surface area contributed by atoms with Crippen molar-refractivity contribution in [1.29, 1.82) is 0 Å². The molecular weight excluding hydrogens is 424 g/mol. The van der Waals surface area contributed by atoms with E-state index in [0.717, 1.165) is 27.8 Å². The average molecular weight is 438 g/mol. The summed E-state index contributed by atoms with van der Waals surface area (Å²) in [7, 11) is 0. The van der Waals surface area contributed by atoms with E-state index in [1.54, 1.807) is 16.4 Å². The smallest absolute Gasteiger partial charge is 0.332 e. The highest BCUT2D eigenvalue weighted by Gasteiger charge is 2.31. The lowest BCUT2D eigenvalue weighted by atomic mass is 10.0. The van der Waals surface area contributed by atoms with Gasteiger partial charge in [0.1, 0.15) is 5.75 Å². The van der Waals surface area contributed by atoms with Crippen LogP contribution >= 0.6 is 39.5 Å². The van der Waals surface area contributed by atoms with Crippen molar-refractivity contribution in [1.82, 2.24) is 4.31 Å². The zero-order chi connectivity index (χ0) is 17.4. The van der Waals surface area contributed by atoms with Crippen molar-refractivity contribution < 1.29 is 9.53 Å². The molecule has 0 fully saturated rings. The Morgan fingerprint density at radius 2 is 2.12 bits per heavy atom. The minimum Gasteiger partial charge on any atom is -0.493 e. The van der Waals surface area contributed by atoms with Crippen molar-refractivity contribution in [3.05, 3.63) is 62.4 Å². The van der Waals surface area contributed by atoms with Crippen LogP contribution in [0.15, 0.2) is 51.8 Å². The number of carbonyl (C=O) groups excluding carboxylic acids is 1. The first-order valence-electron chi connectivity index (χ1n) is 7.77. The number of para-hydroxylation sites is 1. The molecule has 4 rings (SSSR count). The van der Waals surface area contributed by atoms with Crippen LogP contribution in [0.5, 0.6) is 5.75 Å². The first kappa shape index (κ1) is 16.8. The summed E-state index contributed by atoms with van der Waals surface area (Å²) in [6, 6.07) is 13.1. The average Bonchev–Trinajstić information content (AvgIpc) is 2.94. The minimum atomic E-state index is -0.175. The van der Waals surface area contributed by atoms with Crippen LogP contribution in [0.1, 0.15) is 12.0 Å². The van der Waals surface area contributed by atoms with Crippen LogP contribution < -0.4 is 10.1 Å². The number of carbonyl (C=O) groups is 1. The molecule has 7 heteroatoms. The van der Waals surface area contributed by atoms with E-state index in [9.17, 15) is 4.79 Å². The number of rotatable bonds is 1. The first-order valence-corrected chi connectivity index (χ1v) is 9.72. The predicted octanol–water partition coefficient (Wildman–Crippen LogP) is 5.79. The van der Waals surface area contributed by atoms with Gasteiger partial charge in [0.05, 0.1) is 23.9 Å². The molecule has 0 saturated carbocycles. The summed E-state index contributed by atoms with van der Waals surface area (Å²) in [5, 5.41) is 3.41. The molecule has 0 radical (unpaired) electrons. The van der Waals surface area contributed by atoms with E-state index in [2.05, 4.69) is 21.2 Å². The molecular formula is C18H14BrClN2O2S. The van der Waals surface area contributed by atoms with Crippen molar-refractivity contribution in [3.8, 4) is 5.75 Å². The van der Waals surface area contributed by atoms with E-state index in [-0.39, 0.29) is 6.03 Å². The van der Waals surface area contributed by atoms with Crippen molar-refractivity contribution in [2.45, 2.75) is 6.42 Å². The number of amides is 2. The summed E-state index contributed by atoms with van der Waals surface area (Å²) in [6.07, 6.45) is 0.794. The highest BCUT2D eigenvalue weighted by Crippen LogP contribution is 2.45. The number of hydrogen-bond donors (Lipinski definition) is 1. The molecule has 0 spiro atoms. The van der Waals surface area contributed by atoms with E-state index >= 15 is 0 Å². The van der Waals surface area contributed by atoms with Gasteiger partial charge in [-0.2, -0.15) is 0 Å². The van der Waals surface area contributed by atoms with Crippen LogP contribution in [0.25, 0.3) is 5.57 Å². The van der Waals surface area contributed by atoms with Crippen molar-refractivity contribution in [3.63, 3.8) is 0 Å². The largest absolute Gasteiger partial charge is 0.493 e. The molecule has 2 heterocycles. The van der Waals surface area contributed by atoms with Gasteiger partial charge in [-0.25, -0.2) is 4.79 Å². The molecule has 2 amide bonds. The fourth-order valence-corrected chi connectivity index (χ4v) is 4.43. The highest BCUT2D eigenvalue weighted by molar-refractivity contribution is 9.10. The van der Waals surface area contributed by atoms with Crippen LogP contribution in [-0.2, 0) is 0 Å². The molecule has 128 valence electrons. The molecule has 1 N–H and O–H groups in total. The summed E-state index contributed by atoms with van der Waals surface area (Å²) in [5.41, 5.74) is 2.82. The van der Waals surface area contributed by atoms with Gasteiger partial charge in [0.2, 0.25) is 0 Å². The number of halogens is 2. The third-order valence-electron chi connectivity index (χ3n) is 4.06. The molecule has 0 saturated heterocycles. The second-order valence-corrected chi connectivity index (χ2v) is 8.12. The number of fused-ring (bicyclic) bond motifs is 2. The van der Waals surface area contributed by atoms with Crippen LogP contribution in [0.2, 0.25) is 5.02 Å². The first-order chi connectivity index (χ1) is 12.1. The Balaban J connectivity index is 1.55. The number of anilines is 1. The number of urea groups is 1. The van der Waals surface area contributed by atoms with Gasteiger partial charge >= 0.3 is 6.03 Å². The molecule has 4 nitrogen and oxygen atoms in total. The highest BCUT2D eigenvalue weighted by atomic mass is 79.9. The lowest BCUT2D eigenvalue weighted by molar-refractivity contribution is 0.241. The van der Waals surface area contributed by atoms with Gasteiger partial charge in [-0.3, -0.25) is 4.31 Å². The number of nitrogens with zero attached hydrogens (tertiary/aromatic N) is 1. The fourth-order valence-electron chi connectivity index (χ4n) is 2.86. The zero-order valence-corrected chi connectivity index (χ0v) is 16.2. The summed E-state index contributed by atoms with van der Waals surface area (Å²) in [4.78, 5) is 13.8. The quantitative estimate of drug-likeness (QED) is 0.574. The van der Waals surface area contributed by atoms with Gasteiger partial charge < -0.3 is 10.1 Å². The Kier molecular flexibility index (Phi) is 4.67. The molecule has 0 aliphatic carbocycles. The topological polar surface area (TPSA) is 41.6 Å². The second-order valence-electron chi connectivity index (χ2n) is 5.68. The maximum absolute atomic E-state index is 12.6. The number of nitrogens with one attached hydrogen (secondary N) is 1. The summed E-state index contributed by atoms with van der Waals surface area (Å²) in [5.74, 6) is 0.855. The predicted molar refractivity (Wildman–Crippen MR) is 106 cm³/mol. The molecule has 2 aliphatic heterocycles. The standard InChI is InChI=1S/C18H14BrClN2O2S/c19-11-5-6-12-13-10-22(25-17(13)7-8-24-16(12)9-11)18(23)21-15-4-2-1-3-14(15)20/h1-6,9H,7-8,10H2,(H,21,23). The van der Waals surface area contributed by atoms with E-state index in [1.165, 1.54) is 16.9 Å². The minimum absolute atomic E-state index is 0.175. The molecule has 2 aromatic rings. The summed E-state index contributed by atoms with van der Waals surface area (Å²) >= 11 is 11.1. The molecule has 2 aromatic carbocycles. The molecule has 0 bridgehead atoms. The third-order valence-corrected chi connectivity index (χ3v) is 6.07.